The van der Waals surface area contributed by atoms with Gasteiger partial charge in [0.05, 0.1) is 19.0 Å². The first-order chi connectivity index (χ1) is 16.8. The van der Waals surface area contributed by atoms with Crippen LogP contribution >= 0.6 is 0 Å². The number of sulfonamides is 1. The highest BCUT2D eigenvalue weighted by molar-refractivity contribution is 7.89. The summed E-state index contributed by atoms with van der Waals surface area (Å²) in [4.78, 5) is 15.4. The number of ether oxygens (including phenoxy) is 3. The Morgan fingerprint density at radius 2 is 2.00 bits per heavy atom. The number of rotatable bonds is 10. The van der Waals surface area contributed by atoms with Gasteiger partial charge < -0.3 is 24.3 Å². The van der Waals surface area contributed by atoms with Crippen molar-refractivity contribution in [3.8, 4) is 28.6 Å². The molecule has 186 valence electrons. The van der Waals surface area contributed by atoms with Crippen LogP contribution < -0.4 is 14.2 Å². The Morgan fingerprint density at radius 1 is 1.23 bits per heavy atom. The topological polar surface area (TPSA) is 148 Å². The van der Waals surface area contributed by atoms with Crippen molar-refractivity contribution in [2.75, 3.05) is 26.9 Å². The lowest BCUT2D eigenvalue weighted by Crippen LogP contribution is -2.19. The highest BCUT2D eigenvalue weighted by Crippen LogP contribution is 2.32. The number of alkyl halides is 1. The second-order valence-corrected chi connectivity index (χ2v) is 9.48. The SMILES string of the molecule is CNS(=O)(=O)c1cnc(Oc2cc(O[C@@H](C)CF)cc(-c3ccc(C4=N[C@H](CO)CO4)[nH]3)c2)cn1. The molecule has 3 heterocycles. The van der Waals surface area contributed by atoms with Gasteiger partial charge in [-0.2, -0.15) is 0 Å². The predicted octanol–water partition coefficient (Wildman–Crippen LogP) is 2.05. The molecule has 13 heteroatoms. The molecule has 0 aliphatic carbocycles. The Kier molecular flexibility index (Phi) is 7.28. The van der Waals surface area contributed by atoms with E-state index in [1.54, 1.807) is 31.2 Å². The molecule has 0 unspecified atom stereocenters. The Bertz CT molecular complexity index is 1310. The summed E-state index contributed by atoms with van der Waals surface area (Å²) < 4.78 is 55.9. The lowest BCUT2D eigenvalue weighted by atomic mass is 10.1. The molecule has 0 radical (unpaired) electrons. The first-order valence-electron chi connectivity index (χ1n) is 10.6. The lowest BCUT2D eigenvalue weighted by molar-refractivity contribution is 0.182. The van der Waals surface area contributed by atoms with Gasteiger partial charge in [-0.3, -0.25) is 0 Å². The number of H-pyrrole nitrogens is 1. The molecule has 35 heavy (non-hydrogen) atoms. The number of hydrogen-bond acceptors (Lipinski definition) is 9. The summed E-state index contributed by atoms with van der Waals surface area (Å²) in [5, 5.41) is 9.01. The van der Waals surface area contributed by atoms with Gasteiger partial charge in [-0.05, 0) is 38.2 Å². The summed E-state index contributed by atoms with van der Waals surface area (Å²) in [5.74, 6) is 1.12. The summed E-state index contributed by atoms with van der Waals surface area (Å²) in [6.45, 7) is 1.12. The van der Waals surface area contributed by atoms with Crippen LogP contribution in [0.4, 0.5) is 4.39 Å². The summed E-state index contributed by atoms with van der Waals surface area (Å²) in [5.41, 5.74) is 1.98. The summed E-state index contributed by atoms with van der Waals surface area (Å²) in [6.07, 6.45) is 1.58. The third-order valence-electron chi connectivity index (χ3n) is 4.96. The second-order valence-electron chi connectivity index (χ2n) is 7.65. The summed E-state index contributed by atoms with van der Waals surface area (Å²) >= 11 is 0. The zero-order valence-electron chi connectivity index (χ0n) is 18.9. The Balaban J connectivity index is 1.63. The van der Waals surface area contributed by atoms with Crippen molar-refractivity contribution in [3.63, 3.8) is 0 Å². The van der Waals surface area contributed by atoms with Crippen LogP contribution in [0.2, 0.25) is 0 Å². The quantitative estimate of drug-likeness (QED) is 0.379. The Hall–Kier alpha value is -3.55. The van der Waals surface area contributed by atoms with Gasteiger partial charge >= 0.3 is 0 Å². The normalized spacial score (nSPS) is 16.5. The molecule has 4 rings (SSSR count). The third-order valence-corrected chi connectivity index (χ3v) is 6.25. The van der Waals surface area contributed by atoms with E-state index in [1.165, 1.54) is 13.2 Å². The van der Waals surface area contributed by atoms with Crippen molar-refractivity contribution in [1.82, 2.24) is 19.7 Å². The highest BCUT2D eigenvalue weighted by atomic mass is 32.2. The van der Waals surface area contributed by atoms with E-state index in [9.17, 15) is 17.9 Å². The van der Waals surface area contributed by atoms with Crippen LogP contribution in [0, 0.1) is 0 Å². The number of nitrogens with zero attached hydrogens (tertiary/aromatic N) is 3. The molecule has 1 aromatic carbocycles. The van der Waals surface area contributed by atoms with E-state index in [2.05, 4.69) is 24.7 Å². The van der Waals surface area contributed by atoms with E-state index < -0.39 is 22.8 Å². The molecule has 0 saturated heterocycles. The third kappa shape index (κ3) is 5.75. The van der Waals surface area contributed by atoms with Gasteiger partial charge in [0.15, 0.2) is 5.03 Å². The fourth-order valence-electron chi connectivity index (χ4n) is 3.18. The van der Waals surface area contributed by atoms with E-state index in [-0.39, 0.29) is 23.6 Å². The van der Waals surface area contributed by atoms with Crippen molar-refractivity contribution >= 4 is 15.9 Å². The van der Waals surface area contributed by atoms with Gasteiger partial charge in [0.1, 0.15) is 42.6 Å². The average molecular weight is 506 g/mol. The molecule has 3 N–H and O–H groups in total. The average Bonchev–Trinajstić information content (AvgIpc) is 3.54. The first-order valence-corrected chi connectivity index (χ1v) is 12.1. The van der Waals surface area contributed by atoms with E-state index in [0.29, 0.717) is 41.0 Å². The second kappa shape index (κ2) is 10.4. The summed E-state index contributed by atoms with van der Waals surface area (Å²) in [7, 11) is -2.46. The largest absolute Gasteiger partial charge is 0.488 e. The number of benzene rings is 1. The minimum atomic E-state index is -3.74. The van der Waals surface area contributed by atoms with E-state index in [4.69, 9.17) is 14.2 Å². The smallest absolute Gasteiger partial charge is 0.259 e. The maximum absolute atomic E-state index is 13.1. The minimum absolute atomic E-state index is 0.0534. The molecular formula is C22H24FN5O6S. The molecule has 11 nitrogen and oxygen atoms in total. The minimum Gasteiger partial charge on any atom is -0.488 e. The van der Waals surface area contributed by atoms with E-state index in [0.717, 1.165) is 6.20 Å². The number of halogens is 1. The number of aliphatic imine (C=N–C) groups is 1. The standard InChI is InChI=1S/C22H24FN5O6S/c1-13(8-23)33-16-5-14(18-3-4-19(28-18)22-27-15(11-29)12-32-22)6-17(7-16)34-20-9-26-21(10-25-20)35(30,31)24-2/h3-7,9-10,13,15,24,28-29H,8,11-12H2,1-2H3/t13-,15+/m0/s1. The lowest BCUT2D eigenvalue weighted by Gasteiger charge is -2.14. The van der Waals surface area contributed by atoms with Crippen LogP contribution in [0.15, 0.2) is 52.7 Å². The molecule has 0 fully saturated rings. The number of aromatic nitrogens is 3. The number of aromatic amines is 1. The van der Waals surface area contributed by atoms with Gasteiger partial charge in [-0.1, -0.05) is 0 Å². The molecular weight excluding hydrogens is 481 g/mol. The zero-order chi connectivity index (χ0) is 25.0. The molecule has 0 saturated carbocycles. The summed E-state index contributed by atoms with van der Waals surface area (Å²) in [6, 6.07) is 8.29. The number of aliphatic hydroxyl groups is 1. The van der Waals surface area contributed by atoms with Gasteiger partial charge in [0.25, 0.3) is 10.0 Å². The predicted molar refractivity (Wildman–Crippen MR) is 124 cm³/mol. The van der Waals surface area contributed by atoms with Gasteiger partial charge in [-0.25, -0.2) is 32.5 Å². The Labute approximate surface area is 201 Å². The number of hydrogen-bond donors (Lipinski definition) is 3. The maximum Gasteiger partial charge on any atom is 0.259 e. The van der Waals surface area contributed by atoms with Gasteiger partial charge in [0.2, 0.25) is 11.8 Å². The maximum atomic E-state index is 13.1. The van der Waals surface area contributed by atoms with Crippen LogP contribution in [0.5, 0.6) is 17.4 Å². The van der Waals surface area contributed by atoms with Crippen LogP contribution in [0.3, 0.4) is 0 Å². The monoisotopic (exact) mass is 505 g/mol. The molecule has 1 aliphatic rings. The van der Waals surface area contributed by atoms with Crippen molar-refractivity contribution in [3.05, 3.63) is 48.4 Å². The zero-order valence-corrected chi connectivity index (χ0v) is 19.8. The Morgan fingerprint density at radius 3 is 2.66 bits per heavy atom. The molecule has 2 aromatic heterocycles. The van der Waals surface area contributed by atoms with E-state index >= 15 is 0 Å². The number of nitrogens with one attached hydrogen (secondary N) is 2. The van der Waals surface area contributed by atoms with Crippen LogP contribution in [-0.4, -0.2) is 73.5 Å². The number of aliphatic hydroxyl groups excluding tert-OH is 1. The molecule has 3 aromatic rings. The first kappa shape index (κ1) is 24.6. The fourth-order valence-corrected chi connectivity index (χ4v) is 3.78. The van der Waals surface area contributed by atoms with Crippen molar-refractivity contribution in [2.24, 2.45) is 4.99 Å². The van der Waals surface area contributed by atoms with Gasteiger partial charge in [0, 0.05) is 17.3 Å². The highest BCUT2D eigenvalue weighted by Gasteiger charge is 2.21. The molecule has 0 spiro atoms. The molecule has 0 amide bonds. The van der Waals surface area contributed by atoms with Crippen molar-refractivity contribution in [1.29, 1.82) is 0 Å². The van der Waals surface area contributed by atoms with Crippen LogP contribution in [0.25, 0.3) is 11.3 Å². The van der Waals surface area contributed by atoms with Crippen LogP contribution in [0.1, 0.15) is 12.6 Å². The van der Waals surface area contributed by atoms with Crippen LogP contribution in [-0.2, 0) is 14.8 Å². The van der Waals surface area contributed by atoms with Gasteiger partial charge in [-0.15, -0.1) is 0 Å². The molecule has 2 atom stereocenters. The van der Waals surface area contributed by atoms with E-state index in [1.807, 2.05) is 6.07 Å². The molecule has 1 aliphatic heterocycles. The molecule has 0 bridgehead atoms. The fraction of sp³-hybridized carbons (Fsp3) is 0.318. The van der Waals surface area contributed by atoms with Crippen molar-refractivity contribution in [2.45, 2.75) is 24.1 Å². The van der Waals surface area contributed by atoms with Crippen molar-refractivity contribution < 1.29 is 32.1 Å².